The zero-order chi connectivity index (χ0) is 14.6. The number of rotatable bonds is 4. The third-order valence-corrected chi connectivity index (χ3v) is 2.97. The van der Waals surface area contributed by atoms with Crippen molar-refractivity contribution in [3.05, 3.63) is 24.0 Å². The lowest BCUT2D eigenvalue weighted by Crippen LogP contribution is -2.52. The average molecular weight is 280 g/mol. The van der Waals surface area contributed by atoms with Crippen molar-refractivity contribution < 1.29 is 19.0 Å². The fourth-order valence-corrected chi connectivity index (χ4v) is 2.07. The highest BCUT2D eigenvalue weighted by molar-refractivity contribution is 5.87. The van der Waals surface area contributed by atoms with Gasteiger partial charge in [0.2, 0.25) is 0 Å². The van der Waals surface area contributed by atoms with Crippen molar-refractivity contribution >= 4 is 5.97 Å². The third kappa shape index (κ3) is 3.91. The van der Waals surface area contributed by atoms with Crippen LogP contribution in [0.5, 0.6) is 5.75 Å². The summed E-state index contributed by atoms with van der Waals surface area (Å²) in [5.74, 6) is 0.0968. The van der Waals surface area contributed by atoms with Gasteiger partial charge in [-0.3, -0.25) is 0 Å². The first-order valence-electron chi connectivity index (χ1n) is 6.56. The topological polar surface area (TPSA) is 69.7 Å². The van der Waals surface area contributed by atoms with Crippen molar-refractivity contribution in [2.75, 3.05) is 26.8 Å². The summed E-state index contributed by atoms with van der Waals surface area (Å²) >= 11 is 0. The van der Waals surface area contributed by atoms with Gasteiger partial charge in [0.25, 0.3) is 0 Å². The van der Waals surface area contributed by atoms with Gasteiger partial charge in [-0.1, -0.05) is 0 Å². The number of nitrogens with zero attached hydrogens (tertiary/aromatic N) is 1. The van der Waals surface area contributed by atoms with Crippen molar-refractivity contribution in [1.82, 2.24) is 10.3 Å². The van der Waals surface area contributed by atoms with Crippen molar-refractivity contribution in [1.29, 1.82) is 0 Å². The smallest absolute Gasteiger partial charge is 0.356 e. The molecule has 1 saturated heterocycles. The predicted molar refractivity (Wildman–Crippen MR) is 72.9 cm³/mol. The van der Waals surface area contributed by atoms with E-state index in [9.17, 15) is 4.79 Å². The van der Waals surface area contributed by atoms with E-state index in [1.165, 1.54) is 13.3 Å². The molecular formula is C14H20N2O4. The van der Waals surface area contributed by atoms with E-state index in [2.05, 4.69) is 15.0 Å². The summed E-state index contributed by atoms with van der Waals surface area (Å²) < 4.78 is 16.2. The van der Waals surface area contributed by atoms with Gasteiger partial charge in [-0.2, -0.15) is 0 Å². The Morgan fingerprint density at radius 3 is 3.10 bits per heavy atom. The van der Waals surface area contributed by atoms with E-state index < -0.39 is 5.97 Å². The Kier molecular flexibility index (Phi) is 4.57. The normalized spacial score (nSPS) is 21.2. The van der Waals surface area contributed by atoms with Gasteiger partial charge in [0, 0.05) is 25.4 Å². The van der Waals surface area contributed by atoms with Crippen LogP contribution in [-0.2, 0) is 9.47 Å². The van der Waals surface area contributed by atoms with Crippen molar-refractivity contribution in [2.45, 2.75) is 25.6 Å². The highest BCUT2D eigenvalue weighted by atomic mass is 16.5. The molecule has 0 amide bonds. The van der Waals surface area contributed by atoms with Crippen LogP contribution in [0.2, 0.25) is 0 Å². The highest BCUT2D eigenvalue weighted by Crippen LogP contribution is 2.17. The van der Waals surface area contributed by atoms with E-state index in [4.69, 9.17) is 9.47 Å². The van der Waals surface area contributed by atoms with Gasteiger partial charge in [0.15, 0.2) is 5.69 Å². The summed E-state index contributed by atoms with van der Waals surface area (Å²) in [6.45, 7) is 6.06. The Hall–Kier alpha value is -1.66. The maximum atomic E-state index is 11.4. The largest absolute Gasteiger partial charge is 0.491 e. The van der Waals surface area contributed by atoms with Crippen molar-refractivity contribution in [2.24, 2.45) is 0 Å². The molecular weight excluding hydrogens is 260 g/mol. The molecule has 1 aromatic rings. The highest BCUT2D eigenvalue weighted by Gasteiger charge is 2.28. The lowest BCUT2D eigenvalue weighted by molar-refractivity contribution is -0.107. The van der Waals surface area contributed by atoms with Gasteiger partial charge in [-0.05, 0) is 19.9 Å². The number of ether oxygens (including phenoxy) is 3. The number of pyridine rings is 1. The average Bonchev–Trinajstić information content (AvgIpc) is 2.43. The summed E-state index contributed by atoms with van der Waals surface area (Å²) in [4.78, 5) is 15.3. The Morgan fingerprint density at radius 1 is 1.60 bits per heavy atom. The number of aromatic nitrogens is 1. The molecule has 0 bridgehead atoms. The van der Waals surface area contributed by atoms with E-state index in [0.29, 0.717) is 12.4 Å². The predicted octanol–water partition coefficient (Wildman–Crippen LogP) is 1.01. The number of hydrogen-bond acceptors (Lipinski definition) is 6. The van der Waals surface area contributed by atoms with Crippen molar-refractivity contribution in [3.8, 4) is 5.75 Å². The van der Waals surface area contributed by atoms with Gasteiger partial charge >= 0.3 is 5.97 Å². The SMILES string of the molecule is COC(=O)c1cc(OCC2CNCC(C)(C)O2)ccn1. The Morgan fingerprint density at radius 2 is 2.40 bits per heavy atom. The lowest BCUT2D eigenvalue weighted by Gasteiger charge is -2.36. The second-order valence-electron chi connectivity index (χ2n) is 5.31. The van der Waals surface area contributed by atoms with E-state index >= 15 is 0 Å². The molecule has 2 rings (SSSR count). The van der Waals surface area contributed by atoms with E-state index in [0.717, 1.165) is 13.1 Å². The second kappa shape index (κ2) is 6.19. The summed E-state index contributed by atoms with van der Waals surface area (Å²) in [5, 5.41) is 3.31. The van der Waals surface area contributed by atoms with Gasteiger partial charge in [0.05, 0.1) is 12.7 Å². The number of hydrogen-bond donors (Lipinski definition) is 1. The molecule has 1 aliphatic rings. The number of carbonyl (C=O) groups is 1. The first-order valence-corrected chi connectivity index (χ1v) is 6.56. The summed E-state index contributed by atoms with van der Waals surface area (Å²) in [6, 6.07) is 3.26. The first kappa shape index (κ1) is 14.7. The summed E-state index contributed by atoms with van der Waals surface area (Å²) in [6.07, 6.45) is 1.50. The molecule has 2 heterocycles. The van der Waals surface area contributed by atoms with Crippen LogP contribution in [-0.4, -0.2) is 49.5 Å². The Bertz CT molecular complexity index is 476. The maximum Gasteiger partial charge on any atom is 0.356 e. The van der Waals surface area contributed by atoms with E-state index in [1.54, 1.807) is 12.1 Å². The zero-order valence-corrected chi connectivity index (χ0v) is 12.0. The molecule has 0 radical (unpaired) electrons. The molecule has 6 heteroatoms. The molecule has 6 nitrogen and oxygen atoms in total. The molecule has 0 saturated carbocycles. The number of nitrogens with one attached hydrogen (secondary N) is 1. The standard InChI is InChI=1S/C14H20N2O4/c1-14(2)9-15-7-11(20-14)8-19-10-4-5-16-12(6-10)13(17)18-3/h4-6,11,15H,7-9H2,1-3H3. The maximum absolute atomic E-state index is 11.4. The number of methoxy groups -OCH3 is 1. The molecule has 110 valence electrons. The Balaban J connectivity index is 1.92. The Labute approximate surface area is 118 Å². The van der Waals surface area contributed by atoms with Crippen LogP contribution in [0.25, 0.3) is 0 Å². The van der Waals surface area contributed by atoms with Crippen molar-refractivity contribution in [3.63, 3.8) is 0 Å². The monoisotopic (exact) mass is 280 g/mol. The molecule has 1 aromatic heterocycles. The molecule has 1 aliphatic heterocycles. The van der Waals surface area contributed by atoms with Crippen LogP contribution in [0.3, 0.4) is 0 Å². The van der Waals surface area contributed by atoms with Gasteiger partial charge in [-0.15, -0.1) is 0 Å². The summed E-state index contributed by atoms with van der Waals surface area (Å²) in [7, 11) is 1.32. The fraction of sp³-hybridized carbons (Fsp3) is 0.571. The second-order valence-corrected chi connectivity index (χ2v) is 5.31. The van der Waals surface area contributed by atoms with Crippen LogP contribution in [0.15, 0.2) is 18.3 Å². The number of carbonyl (C=O) groups excluding carboxylic acids is 1. The van der Waals surface area contributed by atoms with Crippen LogP contribution in [0, 0.1) is 0 Å². The van der Waals surface area contributed by atoms with Crippen LogP contribution >= 0.6 is 0 Å². The van der Waals surface area contributed by atoms with E-state index in [-0.39, 0.29) is 17.4 Å². The van der Waals surface area contributed by atoms with Gasteiger partial charge < -0.3 is 19.5 Å². The first-order chi connectivity index (χ1) is 9.50. The van der Waals surface area contributed by atoms with Crippen LogP contribution < -0.4 is 10.1 Å². The number of esters is 1. The van der Waals surface area contributed by atoms with Gasteiger partial charge in [0.1, 0.15) is 18.5 Å². The minimum atomic E-state index is -0.479. The lowest BCUT2D eigenvalue weighted by atomic mass is 10.1. The molecule has 1 fully saturated rings. The quantitative estimate of drug-likeness (QED) is 0.830. The number of morpholine rings is 1. The third-order valence-electron chi connectivity index (χ3n) is 2.97. The van der Waals surface area contributed by atoms with E-state index in [1.807, 2.05) is 13.8 Å². The molecule has 1 N–H and O–H groups in total. The molecule has 1 unspecified atom stereocenters. The minimum Gasteiger partial charge on any atom is -0.491 e. The fourth-order valence-electron chi connectivity index (χ4n) is 2.07. The molecule has 0 aliphatic carbocycles. The molecule has 0 aromatic carbocycles. The molecule has 0 spiro atoms. The summed E-state index contributed by atoms with van der Waals surface area (Å²) in [5.41, 5.74) is 0.0369. The minimum absolute atomic E-state index is 0.0199. The van der Waals surface area contributed by atoms with Crippen LogP contribution in [0.4, 0.5) is 0 Å². The molecule has 1 atom stereocenters. The molecule has 20 heavy (non-hydrogen) atoms. The van der Waals surface area contributed by atoms with Crippen LogP contribution in [0.1, 0.15) is 24.3 Å². The van der Waals surface area contributed by atoms with Gasteiger partial charge in [-0.25, -0.2) is 9.78 Å². The zero-order valence-electron chi connectivity index (χ0n) is 12.0.